The van der Waals surface area contributed by atoms with Crippen molar-refractivity contribution in [3.63, 3.8) is 0 Å². The summed E-state index contributed by atoms with van der Waals surface area (Å²) in [4.78, 5) is 33.8. The molecule has 1 amide bonds. The lowest BCUT2D eigenvalue weighted by atomic mass is 9.97. The van der Waals surface area contributed by atoms with Crippen molar-refractivity contribution >= 4 is 17.5 Å². The van der Waals surface area contributed by atoms with Gasteiger partial charge in [-0.15, -0.1) is 0 Å². The first-order valence-corrected chi connectivity index (χ1v) is 10.7. The van der Waals surface area contributed by atoms with E-state index in [0.717, 1.165) is 56.7 Å². The summed E-state index contributed by atoms with van der Waals surface area (Å²) in [5, 5.41) is 0. The van der Waals surface area contributed by atoms with Gasteiger partial charge in [-0.1, -0.05) is 19.4 Å². The molecule has 0 atom stereocenters. The molecule has 0 aromatic carbocycles. The molecule has 158 valence electrons. The van der Waals surface area contributed by atoms with Crippen LogP contribution >= 0.6 is 0 Å². The number of hydrogen-bond acceptors (Lipinski definition) is 5. The third kappa shape index (κ3) is 4.96. The van der Waals surface area contributed by atoms with Crippen LogP contribution in [0, 0.1) is 5.92 Å². The summed E-state index contributed by atoms with van der Waals surface area (Å²) in [5.74, 6) is -0.136. The molecule has 0 aliphatic carbocycles. The second-order valence-electron chi connectivity index (χ2n) is 7.72. The summed E-state index contributed by atoms with van der Waals surface area (Å²) in [5.41, 5.74) is 2.24. The lowest BCUT2D eigenvalue weighted by Gasteiger charge is -2.30. The number of amides is 1. The number of pyridine rings is 1. The van der Waals surface area contributed by atoms with Crippen LogP contribution < -0.4 is 0 Å². The highest BCUT2D eigenvalue weighted by atomic mass is 16.5. The molecule has 3 rings (SSSR count). The van der Waals surface area contributed by atoms with Gasteiger partial charge in [0.1, 0.15) is 5.65 Å². The van der Waals surface area contributed by atoms with E-state index in [1.165, 1.54) is 0 Å². The third-order valence-electron chi connectivity index (χ3n) is 5.61. The van der Waals surface area contributed by atoms with Crippen LogP contribution in [-0.2, 0) is 16.1 Å². The highest BCUT2D eigenvalue weighted by Gasteiger charge is 2.28. The molecule has 29 heavy (non-hydrogen) atoms. The van der Waals surface area contributed by atoms with Gasteiger partial charge in [0, 0.05) is 26.3 Å². The van der Waals surface area contributed by atoms with Crippen LogP contribution in [0.15, 0.2) is 24.4 Å². The Morgan fingerprint density at radius 2 is 2.00 bits per heavy atom. The molecule has 0 bridgehead atoms. The van der Waals surface area contributed by atoms with E-state index in [-0.39, 0.29) is 17.8 Å². The highest BCUT2D eigenvalue weighted by Crippen LogP contribution is 2.23. The van der Waals surface area contributed by atoms with Crippen molar-refractivity contribution in [2.45, 2.75) is 46.1 Å². The maximum absolute atomic E-state index is 13.1. The molecule has 1 fully saturated rings. The number of nitrogens with zero attached hydrogens (tertiary/aromatic N) is 4. The summed E-state index contributed by atoms with van der Waals surface area (Å²) in [6.45, 7) is 7.38. The van der Waals surface area contributed by atoms with Gasteiger partial charge < -0.3 is 14.0 Å². The first kappa shape index (κ1) is 21.3. The number of rotatable bonds is 8. The second-order valence-corrected chi connectivity index (χ2v) is 7.72. The Morgan fingerprint density at radius 3 is 2.69 bits per heavy atom. The maximum atomic E-state index is 13.1. The van der Waals surface area contributed by atoms with E-state index in [1.54, 1.807) is 4.90 Å². The van der Waals surface area contributed by atoms with Crippen molar-refractivity contribution in [2.24, 2.45) is 5.92 Å². The van der Waals surface area contributed by atoms with Gasteiger partial charge in [0.05, 0.1) is 18.2 Å². The number of unbranched alkanes of at least 4 members (excludes halogenated alkanes) is 1. The van der Waals surface area contributed by atoms with E-state index in [1.807, 2.05) is 42.8 Å². The largest absolute Gasteiger partial charge is 0.466 e. The SMILES string of the molecule is CCCCN(C)C(=O)c1nc2ccccn2c1CN1CCC(C(=O)OCC)CC1. The van der Waals surface area contributed by atoms with E-state index < -0.39 is 0 Å². The molecule has 7 nitrogen and oxygen atoms in total. The molecule has 2 aromatic heterocycles. The van der Waals surface area contributed by atoms with Crippen molar-refractivity contribution in [3.05, 3.63) is 35.8 Å². The Hall–Kier alpha value is -2.41. The van der Waals surface area contributed by atoms with Gasteiger partial charge in [-0.2, -0.15) is 0 Å². The number of fused-ring (bicyclic) bond motifs is 1. The minimum atomic E-state index is -0.0876. The Kier molecular flexibility index (Phi) is 7.25. The molecule has 0 N–H and O–H groups in total. The van der Waals surface area contributed by atoms with Gasteiger partial charge >= 0.3 is 5.97 Å². The van der Waals surface area contributed by atoms with E-state index in [0.29, 0.717) is 18.8 Å². The number of imidazole rings is 1. The number of carbonyl (C=O) groups is 2. The van der Waals surface area contributed by atoms with Crippen LogP contribution in [0.1, 0.15) is 55.7 Å². The topological polar surface area (TPSA) is 67.2 Å². The molecule has 0 spiro atoms. The van der Waals surface area contributed by atoms with E-state index >= 15 is 0 Å². The minimum absolute atomic E-state index is 0.0188. The lowest BCUT2D eigenvalue weighted by molar-refractivity contribution is -0.149. The quantitative estimate of drug-likeness (QED) is 0.638. The summed E-state index contributed by atoms with van der Waals surface area (Å²) < 4.78 is 7.18. The Morgan fingerprint density at radius 1 is 1.24 bits per heavy atom. The molecule has 0 radical (unpaired) electrons. The van der Waals surface area contributed by atoms with Gasteiger partial charge in [0.25, 0.3) is 5.91 Å². The summed E-state index contributed by atoms with van der Waals surface area (Å²) in [6, 6.07) is 5.82. The van der Waals surface area contributed by atoms with E-state index in [4.69, 9.17) is 4.74 Å². The molecule has 0 unspecified atom stereocenters. The predicted octanol–water partition coefficient (Wildman–Crippen LogP) is 2.98. The normalized spacial score (nSPS) is 15.6. The Bertz CT molecular complexity index is 840. The fourth-order valence-corrected chi connectivity index (χ4v) is 3.85. The van der Waals surface area contributed by atoms with Crippen LogP contribution in [0.3, 0.4) is 0 Å². The highest BCUT2D eigenvalue weighted by molar-refractivity contribution is 5.94. The molecule has 3 heterocycles. The molecule has 7 heteroatoms. The van der Waals surface area contributed by atoms with Gasteiger partial charge in [-0.3, -0.25) is 14.5 Å². The van der Waals surface area contributed by atoms with Crippen LogP contribution in [-0.4, -0.2) is 64.3 Å². The van der Waals surface area contributed by atoms with Crippen molar-refractivity contribution < 1.29 is 14.3 Å². The number of esters is 1. The fourth-order valence-electron chi connectivity index (χ4n) is 3.85. The molecule has 1 saturated heterocycles. The van der Waals surface area contributed by atoms with Crippen LogP contribution in [0.2, 0.25) is 0 Å². The average molecular weight is 401 g/mol. The zero-order valence-electron chi connectivity index (χ0n) is 17.8. The number of hydrogen-bond donors (Lipinski definition) is 0. The molecule has 1 aliphatic heterocycles. The van der Waals surface area contributed by atoms with Gasteiger partial charge in [0.15, 0.2) is 5.69 Å². The van der Waals surface area contributed by atoms with Gasteiger partial charge in [-0.05, 0) is 51.4 Å². The monoisotopic (exact) mass is 400 g/mol. The van der Waals surface area contributed by atoms with E-state index in [9.17, 15) is 9.59 Å². The van der Waals surface area contributed by atoms with Gasteiger partial charge in [0.2, 0.25) is 0 Å². The number of likely N-dealkylation sites (tertiary alicyclic amines) is 1. The van der Waals surface area contributed by atoms with Crippen molar-refractivity contribution in [2.75, 3.05) is 33.3 Å². The van der Waals surface area contributed by atoms with Gasteiger partial charge in [-0.25, -0.2) is 4.98 Å². The molecule has 0 saturated carbocycles. The summed E-state index contributed by atoms with van der Waals surface area (Å²) in [6.07, 6.45) is 5.56. The Balaban J connectivity index is 1.76. The first-order chi connectivity index (χ1) is 14.0. The van der Waals surface area contributed by atoms with Crippen LogP contribution in [0.4, 0.5) is 0 Å². The second kappa shape index (κ2) is 9.87. The summed E-state index contributed by atoms with van der Waals surface area (Å²) in [7, 11) is 1.84. The minimum Gasteiger partial charge on any atom is -0.466 e. The van der Waals surface area contributed by atoms with E-state index in [2.05, 4.69) is 16.8 Å². The lowest BCUT2D eigenvalue weighted by Crippen LogP contribution is -2.37. The zero-order chi connectivity index (χ0) is 20.8. The zero-order valence-corrected chi connectivity index (χ0v) is 17.8. The standard InChI is InChI=1S/C22H32N4O3/c1-4-6-12-24(3)21(27)20-18(26-13-8-7-9-19(26)23-20)16-25-14-10-17(11-15-25)22(28)29-5-2/h7-9,13,17H,4-6,10-12,14-16H2,1-3H3. The Labute approximate surface area is 172 Å². The number of piperidine rings is 1. The van der Waals surface area contributed by atoms with Crippen molar-refractivity contribution in [3.8, 4) is 0 Å². The number of aromatic nitrogens is 2. The summed E-state index contributed by atoms with van der Waals surface area (Å²) >= 11 is 0. The van der Waals surface area contributed by atoms with Crippen LogP contribution in [0.5, 0.6) is 0 Å². The van der Waals surface area contributed by atoms with Crippen molar-refractivity contribution in [1.82, 2.24) is 19.2 Å². The van der Waals surface area contributed by atoms with Crippen LogP contribution in [0.25, 0.3) is 5.65 Å². The first-order valence-electron chi connectivity index (χ1n) is 10.7. The maximum Gasteiger partial charge on any atom is 0.309 e. The predicted molar refractivity (Wildman–Crippen MR) is 112 cm³/mol. The molecular formula is C22H32N4O3. The molecular weight excluding hydrogens is 368 g/mol. The number of ether oxygens (including phenoxy) is 1. The van der Waals surface area contributed by atoms with Crippen molar-refractivity contribution in [1.29, 1.82) is 0 Å². The molecule has 2 aromatic rings. The third-order valence-corrected chi connectivity index (χ3v) is 5.61. The number of carbonyl (C=O) groups excluding carboxylic acids is 2. The smallest absolute Gasteiger partial charge is 0.309 e. The fraction of sp³-hybridized carbons (Fsp3) is 0.591. The molecule has 1 aliphatic rings. The average Bonchev–Trinajstić information content (AvgIpc) is 3.10.